The number of halogens is 2. The molecule has 1 aliphatic rings. The summed E-state index contributed by atoms with van der Waals surface area (Å²) in [6, 6.07) is 5.67. The van der Waals surface area contributed by atoms with Gasteiger partial charge in [-0.05, 0) is 17.7 Å². The fourth-order valence-corrected chi connectivity index (χ4v) is 2.66. The molecule has 0 amide bonds. The number of carboxylic acid groups (broad SMARTS) is 1. The number of hydrogen-bond donors (Lipinski definition) is 1. The molecule has 9 nitrogen and oxygen atoms in total. The van der Waals surface area contributed by atoms with Gasteiger partial charge in [0.1, 0.15) is 6.20 Å². The minimum Gasteiger partial charge on any atom is -0.478 e. The van der Waals surface area contributed by atoms with Crippen LogP contribution in [0.25, 0.3) is 0 Å². The van der Waals surface area contributed by atoms with Crippen LogP contribution < -0.4 is 0 Å². The fraction of sp³-hybridized carbons (Fsp3) is 0.375. The molecule has 144 valence electrons. The van der Waals surface area contributed by atoms with Gasteiger partial charge < -0.3 is 14.6 Å². The first-order valence-electron chi connectivity index (χ1n) is 7.92. The van der Waals surface area contributed by atoms with Crippen LogP contribution in [-0.2, 0) is 15.9 Å². The summed E-state index contributed by atoms with van der Waals surface area (Å²) in [5, 5.41) is 23.3. The first kappa shape index (κ1) is 18.9. The summed E-state index contributed by atoms with van der Waals surface area (Å²) in [4.78, 5) is 20.8. The van der Waals surface area contributed by atoms with Crippen molar-refractivity contribution in [3.05, 3.63) is 57.4 Å². The van der Waals surface area contributed by atoms with Gasteiger partial charge in [-0.2, -0.15) is 5.10 Å². The third kappa shape index (κ3) is 4.26. The van der Waals surface area contributed by atoms with Gasteiger partial charge in [0.25, 0.3) is 6.43 Å². The second kappa shape index (κ2) is 7.76. The molecule has 1 saturated heterocycles. The second-order valence-electron chi connectivity index (χ2n) is 5.89. The number of hydrogen-bond acceptors (Lipinski definition) is 6. The molecule has 0 saturated carbocycles. The lowest BCUT2D eigenvalue weighted by molar-refractivity contribution is -0.386. The van der Waals surface area contributed by atoms with Gasteiger partial charge in [0, 0.05) is 6.42 Å². The number of benzene rings is 1. The van der Waals surface area contributed by atoms with Gasteiger partial charge in [-0.3, -0.25) is 14.8 Å². The van der Waals surface area contributed by atoms with Crippen LogP contribution in [0, 0.1) is 10.1 Å². The van der Waals surface area contributed by atoms with Crippen LogP contribution in [0.15, 0.2) is 30.5 Å². The Labute approximate surface area is 151 Å². The molecular formula is C16H15F2N3O6. The Morgan fingerprint density at radius 2 is 1.96 bits per heavy atom. The van der Waals surface area contributed by atoms with E-state index >= 15 is 0 Å². The molecule has 1 N–H and O–H groups in total. The van der Waals surface area contributed by atoms with Gasteiger partial charge in [0.15, 0.2) is 6.29 Å². The van der Waals surface area contributed by atoms with Gasteiger partial charge in [-0.1, -0.05) is 12.1 Å². The molecule has 1 fully saturated rings. The smallest absolute Gasteiger partial charge is 0.335 e. The zero-order valence-corrected chi connectivity index (χ0v) is 13.8. The van der Waals surface area contributed by atoms with Crippen molar-refractivity contribution < 1.29 is 33.1 Å². The number of ether oxygens (including phenoxy) is 2. The van der Waals surface area contributed by atoms with E-state index in [9.17, 15) is 23.7 Å². The van der Waals surface area contributed by atoms with E-state index in [0.29, 0.717) is 6.42 Å². The minimum atomic E-state index is -3.06. The third-order valence-electron chi connectivity index (χ3n) is 4.07. The Bertz CT molecular complexity index is 831. The Kier molecular flexibility index (Phi) is 5.42. The Morgan fingerprint density at radius 3 is 2.44 bits per heavy atom. The molecule has 0 unspecified atom stereocenters. The molecule has 2 aromatic rings. The molecule has 0 radical (unpaired) electrons. The van der Waals surface area contributed by atoms with Crippen molar-refractivity contribution in [3.8, 4) is 0 Å². The number of nitrogens with zero attached hydrogens (tertiary/aromatic N) is 3. The van der Waals surface area contributed by atoms with E-state index < -0.39 is 41.0 Å². The average molecular weight is 383 g/mol. The lowest BCUT2D eigenvalue weighted by Gasteiger charge is -2.29. The summed E-state index contributed by atoms with van der Waals surface area (Å²) >= 11 is 0. The fourth-order valence-electron chi connectivity index (χ4n) is 2.66. The Morgan fingerprint density at radius 1 is 1.33 bits per heavy atom. The number of alkyl halides is 2. The maximum Gasteiger partial charge on any atom is 0.335 e. The third-order valence-corrected chi connectivity index (χ3v) is 4.07. The lowest BCUT2D eigenvalue weighted by atomic mass is 10.1. The van der Waals surface area contributed by atoms with Crippen molar-refractivity contribution in [2.75, 3.05) is 13.2 Å². The van der Waals surface area contributed by atoms with E-state index in [1.165, 1.54) is 12.1 Å². The average Bonchev–Trinajstić information content (AvgIpc) is 3.09. The van der Waals surface area contributed by atoms with Crippen LogP contribution >= 0.6 is 0 Å². The van der Waals surface area contributed by atoms with Gasteiger partial charge in [-0.15, -0.1) is 0 Å². The normalized spacial score (nSPS) is 20.0. The standard InChI is InChI=1S/C16H15F2N3O6/c17-15(18)14-12(21(24)25)6-20(19-14)11-7-26-13(27-8-11)5-9-1-3-10(4-2-9)16(22)23/h1-4,6,11,13,15H,5,7-8H2,(H,22,23). The van der Waals surface area contributed by atoms with Crippen molar-refractivity contribution >= 4 is 11.7 Å². The summed E-state index contributed by atoms with van der Waals surface area (Å²) in [5.74, 6) is -1.02. The largest absolute Gasteiger partial charge is 0.478 e. The highest BCUT2D eigenvalue weighted by atomic mass is 19.3. The van der Waals surface area contributed by atoms with E-state index in [1.807, 2.05) is 0 Å². The van der Waals surface area contributed by atoms with E-state index in [1.54, 1.807) is 12.1 Å². The first-order valence-corrected chi connectivity index (χ1v) is 7.92. The predicted molar refractivity (Wildman–Crippen MR) is 85.7 cm³/mol. The van der Waals surface area contributed by atoms with Crippen LogP contribution in [0.2, 0.25) is 0 Å². The summed E-state index contributed by atoms with van der Waals surface area (Å²) < 4.78 is 37.9. The van der Waals surface area contributed by atoms with Crippen LogP contribution in [-0.4, -0.2) is 45.3 Å². The highest BCUT2D eigenvalue weighted by Gasteiger charge is 2.31. The van der Waals surface area contributed by atoms with Crippen molar-refractivity contribution in [2.45, 2.75) is 25.2 Å². The van der Waals surface area contributed by atoms with Crippen molar-refractivity contribution in [1.82, 2.24) is 9.78 Å². The molecule has 0 aliphatic carbocycles. The van der Waals surface area contributed by atoms with Crippen molar-refractivity contribution in [1.29, 1.82) is 0 Å². The molecule has 0 bridgehead atoms. The Hall–Kier alpha value is -2.92. The summed E-state index contributed by atoms with van der Waals surface area (Å²) in [6.07, 6.45) is -2.34. The zero-order valence-electron chi connectivity index (χ0n) is 13.8. The van der Waals surface area contributed by atoms with E-state index in [4.69, 9.17) is 14.6 Å². The quantitative estimate of drug-likeness (QED) is 0.602. The van der Waals surface area contributed by atoms with Crippen LogP contribution in [0.4, 0.5) is 14.5 Å². The molecule has 2 heterocycles. The van der Waals surface area contributed by atoms with Gasteiger partial charge >= 0.3 is 11.7 Å². The molecule has 0 atom stereocenters. The number of carboxylic acids is 1. The first-order chi connectivity index (χ1) is 12.8. The van der Waals surface area contributed by atoms with E-state index in [-0.39, 0.29) is 18.8 Å². The molecule has 27 heavy (non-hydrogen) atoms. The minimum absolute atomic E-state index is 0.0827. The zero-order chi connectivity index (χ0) is 19.6. The second-order valence-corrected chi connectivity index (χ2v) is 5.89. The van der Waals surface area contributed by atoms with Gasteiger partial charge in [-0.25, -0.2) is 13.6 Å². The molecular weight excluding hydrogens is 368 g/mol. The highest BCUT2D eigenvalue weighted by Crippen LogP contribution is 2.29. The number of aromatic nitrogens is 2. The molecule has 1 aliphatic heterocycles. The number of nitro groups is 1. The topological polar surface area (TPSA) is 117 Å². The summed E-state index contributed by atoms with van der Waals surface area (Å²) in [6.45, 7) is 0.165. The van der Waals surface area contributed by atoms with Gasteiger partial charge in [0.05, 0.1) is 29.7 Å². The van der Waals surface area contributed by atoms with E-state index in [2.05, 4.69) is 5.10 Å². The summed E-state index contributed by atoms with van der Waals surface area (Å²) in [5.41, 5.74) is -0.663. The van der Waals surface area contributed by atoms with Gasteiger partial charge in [0.2, 0.25) is 5.69 Å². The molecule has 11 heteroatoms. The number of rotatable bonds is 6. The molecule has 1 aromatic carbocycles. The number of carbonyl (C=O) groups is 1. The monoisotopic (exact) mass is 383 g/mol. The molecule has 1 aromatic heterocycles. The van der Waals surface area contributed by atoms with Crippen LogP contribution in [0.5, 0.6) is 0 Å². The number of aromatic carboxylic acids is 1. The van der Waals surface area contributed by atoms with Crippen molar-refractivity contribution in [2.24, 2.45) is 0 Å². The van der Waals surface area contributed by atoms with Crippen LogP contribution in [0.1, 0.15) is 34.1 Å². The van der Waals surface area contributed by atoms with E-state index in [0.717, 1.165) is 16.4 Å². The van der Waals surface area contributed by atoms with Crippen LogP contribution in [0.3, 0.4) is 0 Å². The SMILES string of the molecule is O=C(O)c1ccc(CC2OCC(n3cc([N+](=O)[O-])c(C(F)F)n3)CO2)cc1. The maximum atomic E-state index is 12.9. The molecule has 3 rings (SSSR count). The lowest BCUT2D eigenvalue weighted by Crippen LogP contribution is -2.35. The highest BCUT2D eigenvalue weighted by molar-refractivity contribution is 5.87. The predicted octanol–water partition coefficient (Wildman–Crippen LogP) is 2.58. The Balaban J connectivity index is 1.61. The summed E-state index contributed by atoms with van der Waals surface area (Å²) in [7, 11) is 0. The maximum absolute atomic E-state index is 12.9. The van der Waals surface area contributed by atoms with Crippen molar-refractivity contribution in [3.63, 3.8) is 0 Å². The molecule has 0 spiro atoms.